The van der Waals surface area contributed by atoms with Crippen LogP contribution in [0.5, 0.6) is 5.75 Å². The molecule has 1 atom stereocenters. The average Bonchev–Trinajstić information content (AvgIpc) is 3.48. The van der Waals surface area contributed by atoms with Crippen LogP contribution >= 0.6 is 0 Å². The van der Waals surface area contributed by atoms with Gasteiger partial charge in [0.25, 0.3) is 5.91 Å². The van der Waals surface area contributed by atoms with Crippen molar-refractivity contribution in [2.75, 3.05) is 26.9 Å². The van der Waals surface area contributed by atoms with Gasteiger partial charge in [0.2, 0.25) is 5.76 Å². The summed E-state index contributed by atoms with van der Waals surface area (Å²) in [6.45, 7) is 0.115. The average molecular weight is 412 g/mol. The highest BCUT2D eigenvalue weighted by Crippen LogP contribution is 2.33. The molecule has 4 rings (SSSR count). The molecule has 2 aromatic rings. The number of carbonyl (C=O) groups is 2. The second-order valence-corrected chi connectivity index (χ2v) is 6.53. The molecule has 0 saturated carbocycles. The van der Waals surface area contributed by atoms with E-state index >= 15 is 0 Å². The zero-order valence-corrected chi connectivity index (χ0v) is 16.3. The van der Waals surface area contributed by atoms with Gasteiger partial charge in [0.1, 0.15) is 37.0 Å². The maximum absolute atomic E-state index is 12.8. The van der Waals surface area contributed by atoms with Crippen molar-refractivity contribution in [3.63, 3.8) is 0 Å². The molecule has 0 fully saturated rings. The molecule has 1 aromatic carbocycles. The lowest BCUT2D eigenvalue weighted by Crippen LogP contribution is -2.31. The smallest absolute Gasteiger partial charge is 0.377 e. The molecule has 156 valence electrons. The van der Waals surface area contributed by atoms with E-state index in [4.69, 9.17) is 23.4 Å². The molecule has 0 saturated heterocycles. The fraction of sp³-hybridized carbons (Fsp3) is 0.286. The molecule has 0 bridgehead atoms. The van der Waals surface area contributed by atoms with Gasteiger partial charge in [-0.1, -0.05) is 0 Å². The van der Waals surface area contributed by atoms with Crippen molar-refractivity contribution in [2.24, 2.45) is 5.10 Å². The maximum atomic E-state index is 12.8. The van der Waals surface area contributed by atoms with Crippen LogP contribution in [0.15, 0.2) is 64.2 Å². The van der Waals surface area contributed by atoms with Crippen molar-refractivity contribution in [1.82, 2.24) is 5.01 Å². The van der Waals surface area contributed by atoms with Gasteiger partial charge in [0, 0.05) is 6.42 Å². The highest BCUT2D eigenvalue weighted by molar-refractivity contribution is 6.03. The minimum Gasteiger partial charge on any atom is -0.497 e. The van der Waals surface area contributed by atoms with Crippen LogP contribution in [0.4, 0.5) is 0 Å². The fourth-order valence-corrected chi connectivity index (χ4v) is 3.14. The lowest BCUT2D eigenvalue weighted by Gasteiger charge is -2.20. The summed E-state index contributed by atoms with van der Waals surface area (Å²) in [5, 5.41) is 5.77. The zero-order chi connectivity index (χ0) is 20.9. The summed E-state index contributed by atoms with van der Waals surface area (Å²) in [7, 11) is 1.59. The first-order chi connectivity index (χ1) is 14.7. The third-order valence-corrected chi connectivity index (χ3v) is 4.64. The predicted octanol–water partition coefficient (Wildman–Crippen LogP) is 2.40. The number of rotatable bonds is 6. The standard InChI is InChI=1S/C21H20N2O7/c1-26-15-6-4-14(5-7-15)16-11-17(18-3-2-8-28-18)23(22-16)20(24)13-30-21(25)19-12-27-9-10-29-19/h2-8,12,17H,9-11,13H2,1H3/t17-/m0/s1. The van der Waals surface area contributed by atoms with E-state index in [1.165, 1.54) is 17.5 Å². The number of hydrogen-bond acceptors (Lipinski definition) is 8. The van der Waals surface area contributed by atoms with E-state index < -0.39 is 24.5 Å². The van der Waals surface area contributed by atoms with Gasteiger partial charge in [-0.15, -0.1) is 0 Å². The van der Waals surface area contributed by atoms with Crippen LogP contribution in [-0.2, 0) is 23.8 Å². The first-order valence-electron chi connectivity index (χ1n) is 9.35. The Morgan fingerprint density at radius 1 is 1.20 bits per heavy atom. The summed E-state index contributed by atoms with van der Waals surface area (Å²) in [6, 6.07) is 10.5. The molecule has 2 aliphatic heterocycles. The van der Waals surface area contributed by atoms with Crippen LogP contribution in [0, 0.1) is 0 Å². The van der Waals surface area contributed by atoms with Gasteiger partial charge in [-0.3, -0.25) is 4.79 Å². The Hall–Kier alpha value is -3.75. The molecular formula is C21H20N2O7. The minimum absolute atomic E-state index is 0.0690. The Balaban J connectivity index is 1.49. The number of benzene rings is 1. The third-order valence-electron chi connectivity index (χ3n) is 4.64. The molecule has 0 aliphatic carbocycles. The van der Waals surface area contributed by atoms with Gasteiger partial charge in [-0.05, 0) is 42.0 Å². The molecule has 0 N–H and O–H groups in total. The van der Waals surface area contributed by atoms with Crippen LogP contribution in [0.3, 0.4) is 0 Å². The van der Waals surface area contributed by atoms with E-state index in [0.29, 0.717) is 24.5 Å². The summed E-state index contributed by atoms with van der Waals surface area (Å²) in [5.74, 6) is -0.00104. The topological polar surface area (TPSA) is 99.8 Å². The summed E-state index contributed by atoms with van der Waals surface area (Å²) in [5.41, 5.74) is 1.57. The number of nitrogens with zero attached hydrogens (tertiary/aromatic N) is 2. The van der Waals surface area contributed by atoms with Gasteiger partial charge in [0.15, 0.2) is 6.61 Å². The quantitative estimate of drug-likeness (QED) is 0.672. The van der Waals surface area contributed by atoms with Crippen LogP contribution in [0.1, 0.15) is 23.8 Å². The van der Waals surface area contributed by atoms with Crippen LogP contribution in [0.25, 0.3) is 0 Å². The summed E-state index contributed by atoms with van der Waals surface area (Å²) >= 11 is 0. The Morgan fingerprint density at radius 2 is 2.03 bits per heavy atom. The van der Waals surface area contributed by atoms with Crippen molar-refractivity contribution < 1.29 is 33.0 Å². The predicted molar refractivity (Wildman–Crippen MR) is 103 cm³/mol. The van der Waals surface area contributed by atoms with Gasteiger partial charge in [-0.2, -0.15) is 5.10 Å². The van der Waals surface area contributed by atoms with E-state index in [-0.39, 0.29) is 12.4 Å². The number of ether oxygens (including phenoxy) is 4. The third kappa shape index (κ3) is 4.14. The first kappa shape index (κ1) is 19.6. The molecule has 1 aromatic heterocycles. The fourth-order valence-electron chi connectivity index (χ4n) is 3.14. The number of esters is 1. The largest absolute Gasteiger partial charge is 0.497 e. The second-order valence-electron chi connectivity index (χ2n) is 6.53. The number of hydrogen-bond donors (Lipinski definition) is 0. The minimum atomic E-state index is -0.767. The van der Waals surface area contributed by atoms with E-state index in [2.05, 4.69) is 5.10 Å². The number of furan rings is 1. The molecule has 1 amide bonds. The van der Waals surface area contributed by atoms with E-state index in [1.807, 2.05) is 24.3 Å². The van der Waals surface area contributed by atoms with E-state index in [9.17, 15) is 9.59 Å². The highest BCUT2D eigenvalue weighted by Gasteiger charge is 2.35. The molecule has 0 spiro atoms. The summed E-state index contributed by atoms with van der Waals surface area (Å²) < 4.78 is 25.9. The van der Waals surface area contributed by atoms with Crippen LogP contribution < -0.4 is 4.74 Å². The Kier molecular flexibility index (Phi) is 5.69. The Morgan fingerprint density at radius 3 is 2.70 bits per heavy atom. The molecular weight excluding hydrogens is 392 g/mol. The van der Waals surface area contributed by atoms with Crippen molar-refractivity contribution in [3.05, 3.63) is 66.0 Å². The molecule has 0 radical (unpaired) electrons. The van der Waals surface area contributed by atoms with E-state index in [0.717, 1.165) is 11.3 Å². The summed E-state index contributed by atoms with van der Waals surface area (Å²) in [4.78, 5) is 24.8. The van der Waals surface area contributed by atoms with Gasteiger partial charge in [-0.25, -0.2) is 9.80 Å². The van der Waals surface area contributed by atoms with E-state index in [1.54, 1.807) is 19.2 Å². The van der Waals surface area contributed by atoms with Crippen LogP contribution in [0.2, 0.25) is 0 Å². The van der Waals surface area contributed by atoms with Crippen molar-refractivity contribution in [1.29, 1.82) is 0 Å². The highest BCUT2D eigenvalue weighted by atomic mass is 16.6. The summed E-state index contributed by atoms with van der Waals surface area (Å²) in [6.07, 6.45) is 3.18. The molecule has 30 heavy (non-hydrogen) atoms. The monoisotopic (exact) mass is 412 g/mol. The molecule has 9 nitrogen and oxygen atoms in total. The molecule has 3 heterocycles. The number of methoxy groups -OCH3 is 1. The van der Waals surface area contributed by atoms with Gasteiger partial charge >= 0.3 is 5.97 Å². The second kappa shape index (κ2) is 8.73. The number of hydrazone groups is 1. The van der Waals surface area contributed by atoms with Gasteiger partial charge < -0.3 is 23.4 Å². The van der Waals surface area contributed by atoms with Crippen molar-refractivity contribution >= 4 is 17.6 Å². The van der Waals surface area contributed by atoms with Crippen molar-refractivity contribution in [3.8, 4) is 5.75 Å². The number of carbonyl (C=O) groups excluding carboxylic acids is 2. The lowest BCUT2D eigenvalue weighted by atomic mass is 10.0. The Bertz CT molecular complexity index is 964. The lowest BCUT2D eigenvalue weighted by molar-refractivity contribution is -0.153. The Labute approximate surface area is 172 Å². The molecule has 0 unspecified atom stereocenters. The molecule has 2 aliphatic rings. The van der Waals surface area contributed by atoms with Crippen LogP contribution in [-0.4, -0.2) is 49.5 Å². The number of amides is 1. The maximum Gasteiger partial charge on any atom is 0.377 e. The first-order valence-corrected chi connectivity index (χ1v) is 9.35. The molecule has 9 heteroatoms. The van der Waals surface area contributed by atoms with Crippen molar-refractivity contribution in [2.45, 2.75) is 12.5 Å². The normalized spacial score (nSPS) is 18.0. The zero-order valence-electron chi connectivity index (χ0n) is 16.3. The van der Waals surface area contributed by atoms with Gasteiger partial charge in [0.05, 0.1) is 19.1 Å². The SMILES string of the molecule is COc1ccc(C2=NN(C(=O)COC(=O)C3=COCCO3)[C@H](c3ccco3)C2)cc1.